The summed E-state index contributed by atoms with van der Waals surface area (Å²) in [6.45, 7) is 0.915. The third kappa shape index (κ3) is 2.98. The van der Waals surface area contributed by atoms with Crippen LogP contribution in [0.4, 0.5) is 5.69 Å². The van der Waals surface area contributed by atoms with Crippen LogP contribution in [0.2, 0.25) is 0 Å². The van der Waals surface area contributed by atoms with Crippen LogP contribution < -0.4 is 10.9 Å². The average Bonchev–Trinajstić information content (AvgIpc) is 2.38. The number of anilines is 1. The van der Waals surface area contributed by atoms with Crippen molar-refractivity contribution in [1.82, 2.24) is 9.78 Å². The van der Waals surface area contributed by atoms with Gasteiger partial charge in [0.25, 0.3) is 5.56 Å². The minimum absolute atomic E-state index is 0.0617. The maximum absolute atomic E-state index is 12.1. The Morgan fingerprint density at radius 2 is 2.37 bits per heavy atom. The van der Waals surface area contributed by atoms with E-state index in [1.165, 1.54) is 4.68 Å². The molecule has 1 fully saturated rings. The minimum atomic E-state index is -0.296. The monoisotopic (exact) mass is 331 g/mol. The van der Waals surface area contributed by atoms with Gasteiger partial charge >= 0.3 is 0 Å². The molecule has 6 nitrogen and oxygen atoms in total. The third-order valence-corrected chi connectivity index (χ3v) is 4.27. The number of hydrogen-bond acceptors (Lipinski definition) is 5. The molecular weight excluding hydrogens is 314 g/mol. The maximum Gasteiger partial charge on any atom is 0.283 e. The largest absolute Gasteiger partial charge is 0.394 e. The highest BCUT2D eigenvalue weighted by atomic mass is 79.9. The lowest BCUT2D eigenvalue weighted by Gasteiger charge is -2.41. The quantitative estimate of drug-likeness (QED) is 0.812. The fraction of sp³-hybridized carbons (Fsp3) is 0.667. The molecule has 0 radical (unpaired) electrons. The first-order valence-electron chi connectivity index (χ1n) is 6.25. The van der Waals surface area contributed by atoms with Crippen LogP contribution in [0.25, 0.3) is 0 Å². The molecule has 0 atom stereocenters. The van der Waals surface area contributed by atoms with Crippen molar-refractivity contribution in [1.29, 1.82) is 0 Å². The molecule has 2 N–H and O–H groups in total. The highest BCUT2D eigenvalue weighted by molar-refractivity contribution is 9.10. The topological polar surface area (TPSA) is 76.4 Å². The van der Waals surface area contributed by atoms with Gasteiger partial charge in [0.05, 0.1) is 37.2 Å². The van der Waals surface area contributed by atoms with E-state index in [4.69, 9.17) is 4.74 Å². The van der Waals surface area contributed by atoms with Gasteiger partial charge in [-0.25, -0.2) is 4.68 Å². The molecule has 0 amide bonds. The number of rotatable bonds is 6. The lowest BCUT2D eigenvalue weighted by molar-refractivity contribution is 0.144. The van der Waals surface area contributed by atoms with Gasteiger partial charge in [-0.3, -0.25) is 4.79 Å². The van der Waals surface area contributed by atoms with Crippen molar-refractivity contribution in [2.75, 3.05) is 25.6 Å². The van der Waals surface area contributed by atoms with Gasteiger partial charge in [0, 0.05) is 7.11 Å². The number of aliphatic hydroxyl groups is 1. The summed E-state index contributed by atoms with van der Waals surface area (Å²) in [7, 11) is 1.58. The zero-order valence-corrected chi connectivity index (χ0v) is 12.4. The molecule has 0 unspecified atom stereocenters. The highest BCUT2D eigenvalue weighted by Crippen LogP contribution is 2.35. The van der Waals surface area contributed by atoms with Crippen LogP contribution >= 0.6 is 15.9 Å². The van der Waals surface area contributed by atoms with E-state index in [9.17, 15) is 9.90 Å². The van der Waals surface area contributed by atoms with E-state index in [0.29, 0.717) is 23.3 Å². The van der Waals surface area contributed by atoms with Gasteiger partial charge in [-0.1, -0.05) is 0 Å². The van der Waals surface area contributed by atoms with E-state index in [2.05, 4.69) is 26.3 Å². The molecule has 1 aliphatic carbocycles. The Morgan fingerprint density at radius 1 is 1.63 bits per heavy atom. The van der Waals surface area contributed by atoms with Gasteiger partial charge in [-0.2, -0.15) is 5.10 Å². The van der Waals surface area contributed by atoms with E-state index in [0.717, 1.165) is 19.3 Å². The maximum atomic E-state index is 12.1. The van der Waals surface area contributed by atoms with Gasteiger partial charge in [0.2, 0.25) is 0 Å². The first kappa shape index (κ1) is 14.5. The lowest BCUT2D eigenvalue weighted by Crippen LogP contribution is -2.48. The van der Waals surface area contributed by atoms with Gasteiger partial charge in [-0.05, 0) is 35.2 Å². The van der Waals surface area contributed by atoms with E-state index in [-0.39, 0.29) is 17.7 Å². The standard InChI is InChI=1S/C12H18BrN3O3/c1-19-6-5-16-11(18)10(13)9(7-14-16)15-12(8-17)3-2-4-12/h7,15,17H,2-6,8H2,1H3. The molecule has 0 spiro atoms. The summed E-state index contributed by atoms with van der Waals surface area (Å²) in [5, 5.41) is 16.8. The Hall–Kier alpha value is -0.920. The normalized spacial score (nSPS) is 17.0. The summed E-state index contributed by atoms with van der Waals surface area (Å²) in [5.41, 5.74) is 0.136. The van der Waals surface area contributed by atoms with Crippen molar-refractivity contribution in [2.45, 2.75) is 31.3 Å². The van der Waals surface area contributed by atoms with Gasteiger partial charge in [0.1, 0.15) is 4.47 Å². The van der Waals surface area contributed by atoms with Crippen molar-refractivity contribution in [3.8, 4) is 0 Å². The predicted molar refractivity (Wildman–Crippen MR) is 75.4 cm³/mol. The summed E-state index contributed by atoms with van der Waals surface area (Å²) in [4.78, 5) is 12.1. The number of aromatic nitrogens is 2. The number of ether oxygens (including phenoxy) is 1. The number of aliphatic hydroxyl groups excluding tert-OH is 1. The van der Waals surface area contributed by atoms with Crippen LogP contribution in [0.1, 0.15) is 19.3 Å². The predicted octanol–water partition coefficient (Wildman–Crippen LogP) is 0.979. The zero-order chi connectivity index (χ0) is 13.9. The molecule has 1 aromatic heterocycles. The molecule has 106 valence electrons. The van der Waals surface area contributed by atoms with E-state index in [1.807, 2.05) is 0 Å². The minimum Gasteiger partial charge on any atom is -0.394 e. The summed E-state index contributed by atoms with van der Waals surface area (Å²) in [5.74, 6) is 0. The van der Waals surface area contributed by atoms with Gasteiger partial charge < -0.3 is 15.2 Å². The molecule has 19 heavy (non-hydrogen) atoms. The van der Waals surface area contributed by atoms with Crippen LogP contribution in [0.5, 0.6) is 0 Å². The Morgan fingerprint density at radius 3 is 2.89 bits per heavy atom. The second-order valence-electron chi connectivity index (χ2n) is 4.81. The molecule has 1 aliphatic rings. The van der Waals surface area contributed by atoms with Crippen molar-refractivity contribution in [3.63, 3.8) is 0 Å². The lowest BCUT2D eigenvalue weighted by atomic mass is 9.77. The molecule has 0 saturated heterocycles. The number of methoxy groups -OCH3 is 1. The van der Waals surface area contributed by atoms with Crippen molar-refractivity contribution in [2.24, 2.45) is 0 Å². The van der Waals surface area contributed by atoms with E-state index in [1.54, 1.807) is 13.3 Å². The van der Waals surface area contributed by atoms with Crippen LogP contribution in [-0.2, 0) is 11.3 Å². The number of hydrogen-bond donors (Lipinski definition) is 2. The number of nitrogens with zero attached hydrogens (tertiary/aromatic N) is 2. The molecule has 2 rings (SSSR count). The summed E-state index contributed by atoms with van der Waals surface area (Å²) in [6.07, 6.45) is 4.51. The van der Waals surface area contributed by atoms with Gasteiger partial charge in [-0.15, -0.1) is 0 Å². The summed E-state index contributed by atoms with van der Waals surface area (Å²) >= 11 is 3.30. The van der Waals surface area contributed by atoms with Crippen LogP contribution in [0.15, 0.2) is 15.5 Å². The number of nitrogens with one attached hydrogen (secondary N) is 1. The first-order valence-corrected chi connectivity index (χ1v) is 7.05. The van der Waals surface area contributed by atoms with Crippen LogP contribution in [0, 0.1) is 0 Å². The second-order valence-corrected chi connectivity index (χ2v) is 5.60. The number of halogens is 1. The Bertz CT molecular complexity index is 494. The van der Waals surface area contributed by atoms with Crippen LogP contribution in [0.3, 0.4) is 0 Å². The smallest absolute Gasteiger partial charge is 0.283 e. The summed E-state index contributed by atoms with van der Waals surface area (Å²) in [6, 6.07) is 0. The van der Waals surface area contributed by atoms with E-state index < -0.39 is 0 Å². The van der Waals surface area contributed by atoms with Gasteiger partial charge in [0.15, 0.2) is 0 Å². The SMILES string of the molecule is COCCn1ncc(NC2(CO)CCC2)c(Br)c1=O. The second kappa shape index (κ2) is 6.02. The molecular formula is C12H18BrN3O3. The molecule has 1 heterocycles. The zero-order valence-electron chi connectivity index (χ0n) is 10.9. The average molecular weight is 332 g/mol. The Balaban J connectivity index is 2.19. The molecule has 7 heteroatoms. The summed E-state index contributed by atoms with van der Waals surface area (Å²) < 4.78 is 6.73. The molecule has 1 saturated carbocycles. The Kier molecular flexibility index (Phi) is 4.59. The highest BCUT2D eigenvalue weighted by Gasteiger charge is 2.36. The van der Waals surface area contributed by atoms with Crippen LogP contribution in [-0.4, -0.2) is 40.7 Å². The van der Waals surface area contributed by atoms with Crippen molar-refractivity contribution >= 4 is 21.6 Å². The molecule has 1 aromatic rings. The third-order valence-electron chi connectivity index (χ3n) is 3.51. The molecule has 0 aliphatic heterocycles. The Labute approximate surface area is 119 Å². The fourth-order valence-electron chi connectivity index (χ4n) is 2.10. The molecule has 0 bridgehead atoms. The first-order chi connectivity index (χ1) is 9.12. The van der Waals surface area contributed by atoms with Crippen molar-refractivity contribution < 1.29 is 9.84 Å². The van der Waals surface area contributed by atoms with E-state index >= 15 is 0 Å². The fourth-order valence-corrected chi connectivity index (χ4v) is 2.51. The molecule has 0 aromatic carbocycles. The van der Waals surface area contributed by atoms with Crippen molar-refractivity contribution in [3.05, 3.63) is 21.0 Å².